The first-order valence-corrected chi connectivity index (χ1v) is 7.74. The molecule has 5 heteroatoms. The lowest BCUT2D eigenvalue weighted by Crippen LogP contribution is -2.43. The zero-order chi connectivity index (χ0) is 15.1. The fourth-order valence-corrected chi connectivity index (χ4v) is 2.61. The van der Waals surface area contributed by atoms with Gasteiger partial charge < -0.3 is 14.8 Å². The number of carbonyl (C=O) groups is 1. The summed E-state index contributed by atoms with van der Waals surface area (Å²) in [4.78, 5) is 16.7. The van der Waals surface area contributed by atoms with Crippen LogP contribution < -0.4 is 10.1 Å². The number of ether oxygens (including phenoxy) is 2. The van der Waals surface area contributed by atoms with E-state index in [0.717, 1.165) is 32.1 Å². The Balaban J connectivity index is 2.01. The molecule has 0 atom stereocenters. The summed E-state index contributed by atoms with van der Waals surface area (Å²) >= 11 is 0. The highest BCUT2D eigenvalue weighted by Crippen LogP contribution is 2.34. The molecule has 21 heavy (non-hydrogen) atoms. The predicted molar refractivity (Wildman–Crippen MR) is 81.5 cm³/mol. The quantitative estimate of drug-likeness (QED) is 0.838. The van der Waals surface area contributed by atoms with E-state index in [0.29, 0.717) is 24.8 Å². The van der Waals surface area contributed by atoms with Crippen molar-refractivity contribution in [2.24, 2.45) is 0 Å². The molecule has 2 rings (SSSR count). The standard InChI is InChI=1S/C16H24N2O3/c1-3-11-21-16(9-5-6-10-16)15(19)18-13-7-8-14(17-12-13)20-4-2/h7-8,12H,3-6,9-11H2,1-2H3,(H,18,19). The van der Waals surface area contributed by atoms with Gasteiger partial charge in [0.1, 0.15) is 5.60 Å². The van der Waals surface area contributed by atoms with Crippen molar-refractivity contribution in [3.05, 3.63) is 18.3 Å². The highest BCUT2D eigenvalue weighted by Gasteiger charge is 2.42. The van der Waals surface area contributed by atoms with Gasteiger partial charge in [0, 0.05) is 12.7 Å². The summed E-state index contributed by atoms with van der Waals surface area (Å²) in [5.74, 6) is 0.507. The van der Waals surface area contributed by atoms with Crippen LogP contribution >= 0.6 is 0 Å². The van der Waals surface area contributed by atoms with E-state index in [9.17, 15) is 4.79 Å². The summed E-state index contributed by atoms with van der Waals surface area (Å²) in [6.07, 6.45) is 6.20. The van der Waals surface area contributed by atoms with Crippen LogP contribution in [0.3, 0.4) is 0 Å². The Morgan fingerprint density at radius 1 is 1.33 bits per heavy atom. The van der Waals surface area contributed by atoms with Gasteiger partial charge in [-0.25, -0.2) is 4.98 Å². The van der Waals surface area contributed by atoms with Crippen LogP contribution in [0.25, 0.3) is 0 Å². The number of pyridine rings is 1. The van der Waals surface area contributed by atoms with Crippen molar-refractivity contribution in [1.29, 1.82) is 0 Å². The maximum atomic E-state index is 12.6. The molecule has 1 fully saturated rings. The summed E-state index contributed by atoms with van der Waals surface area (Å²) in [5, 5.41) is 2.92. The molecule has 5 nitrogen and oxygen atoms in total. The highest BCUT2D eigenvalue weighted by atomic mass is 16.5. The number of carbonyl (C=O) groups excluding carboxylic acids is 1. The Bertz CT molecular complexity index is 453. The van der Waals surface area contributed by atoms with E-state index in [2.05, 4.69) is 17.2 Å². The Morgan fingerprint density at radius 3 is 2.67 bits per heavy atom. The number of amides is 1. The van der Waals surface area contributed by atoms with E-state index >= 15 is 0 Å². The largest absolute Gasteiger partial charge is 0.478 e. The van der Waals surface area contributed by atoms with Gasteiger partial charge in [-0.15, -0.1) is 0 Å². The van der Waals surface area contributed by atoms with Gasteiger partial charge in [0.15, 0.2) is 0 Å². The lowest BCUT2D eigenvalue weighted by Gasteiger charge is -2.27. The van der Waals surface area contributed by atoms with Crippen molar-refractivity contribution >= 4 is 11.6 Å². The van der Waals surface area contributed by atoms with Gasteiger partial charge in [0.2, 0.25) is 5.88 Å². The molecule has 0 unspecified atom stereocenters. The lowest BCUT2D eigenvalue weighted by molar-refractivity contribution is -0.140. The third kappa shape index (κ3) is 3.94. The molecule has 0 bridgehead atoms. The molecule has 1 amide bonds. The topological polar surface area (TPSA) is 60.5 Å². The van der Waals surface area contributed by atoms with E-state index in [1.807, 2.05) is 6.92 Å². The van der Waals surface area contributed by atoms with Crippen molar-refractivity contribution in [1.82, 2.24) is 4.98 Å². The normalized spacial score (nSPS) is 16.7. The number of aromatic nitrogens is 1. The molecule has 1 aliphatic carbocycles. The molecule has 0 spiro atoms. The minimum Gasteiger partial charge on any atom is -0.478 e. The Morgan fingerprint density at radius 2 is 2.10 bits per heavy atom. The maximum Gasteiger partial charge on any atom is 0.256 e. The monoisotopic (exact) mass is 292 g/mol. The molecule has 1 aromatic heterocycles. The summed E-state index contributed by atoms with van der Waals surface area (Å²) < 4.78 is 11.2. The van der Waals surface area contributed by atoms with Crippen LogP contribution in [-0.4, -0.2) is 29.7 Å². The van der Waals surface area contributed by atoms with Gasteiger partial charge in [-0.3, -0.25) is 4.79 Å². The minimum atomic E-state index is -0.658. The van der Waals surface area contributed by atoms with E-state index < -0.39 is 5.60 Å². The van der Waals surface area contributed by atoms with Crippen LogP contribution in [0.4, 0.5) is 5.69 Å². The van der Waals surface area contributed by atoms with Gasteiger partial charge in [-0.1, -0.05) is 6.92 Å². The van der Waals surface area contributed by atoms with Gasteiger partial charge in [-0.2, -0.15) is 0 Å². The third-order valence-corrected chi connectivity index (χ3v) is 3.69. The molecule has 0 aromatic carbocycles. The average molecular weight is 292 g/mol. The second kappa shape index (κ2) is 7.41. The molecule has 0 aliphatic heterocycles. The fourth-order valence-electron chi connectivity index (χ4n) is 2.61. The lowest BCUT2D eigenvalue weighted by atomic mass is 10.0. The summed E-state index contributed by atoms with van der Waals surface area (Å²) in [7, 11) is 0. The summed E-state index contributed by atoms with van der Waals surface area (Å²) in [6, 6.07) is 3.56. The van der Waals surface area contributed by atoms with Gasteiger partial charge in [-0.05, 0) is 45.1 Å². The van der Waals surface area contributed by atoms with Gasteiger partial charge in [0.25, 0.3) is 5.91 Å². The molecular formula is C16H24N2O3. The van der Waals surface area contributed by atoms with Crippen LogP contribution in [0, 0.1) is 0 Å². The number of anilines is 1. The molecule has 1 saturated carbocycles. The molecule has 1 N–H and O–H groups in total. The molecule has 0 radical (unpaired) electrons. The number of hydrogen-bond acceptors (Lipinski definition) is 4. The Hall–Kier alpha value is -1.62. The zero-order valence-electron chi connectivity index (χ0n) is 12.9. The van der Waals surface area contributed by atoms with Crippen molar-refractivity contribution in [2.45, 2.75) is 51.6 Å². The molecule has 0 saturated heterocycles. The van der Waals surface area contributed by atoms with Crippen LogP contribution in [0.2, 0.25) is 0 Å². The molecule has 1 aliphatic rings. The molecule has 1 heterocycles. The molecule has 116 valence electrons. The van der Waals surface area contributed by atoms with E-state index in [1.165, 1.54) is 0 Å². The summed E-state index contributed by atoms with van der Waals surface area (Å²) in [5.41, 5.74) is 0.0176. The van der Waals surface area contributed by atoms with Crippen LogP contribution in [0.15, 0.2) is 18.3 Å². The SMILES string of the molecule is CCCOC1(C(=O)Nc2ccc(OCC)nc2)CCCC1. The van der Waals surface area contributed by atoms with Crippen molar-refractivity contribution < 1.29 is 14.3 Å². The number of nitrogens with one attached hydrogen (secondary N) is 1. The first-order valence-electron chi connectivity index (χ1n) is 7.74. The minimum absolute atomic E-state index is 0.0561. The second-order valence-electron chi connectivity index (χ2n) is 5.32. The smallest absolute Gasteiger partial charge is 0.256 e. The first kappa shape index (κ1) is 15.8. The third-order valence-electron chi connectivity index (χ3n) is 3.69. The van der Waals surface area contributed by atoms with Crippen molar-refractivity contribution in [3.8, 4) is 5.88 Å². The van der Waals surface area contributed by atoms with Crippen molar-refractivity contribution in [3.63, 3.8) is 0 Å². The van der Waals surface area contributed by atoms with E-state index in [1.54, 1.807) is 18.3 Å². The average Bonchev–Trinajstić information content (AvgIpc) is 2.97. The second-order valence-corrected chi connectivity index (χ2v) is 5.32. The van der Waals surface area contributed by atoms with Gasteiger partial charge in [0.05, 0.1) is 18.5 Å². The number of hydrogen-bond donors (Lipinski definition) is 1. The van der Waals surface area contributed by atoms with Crippen molar-refractivity contribution in [2.75, 3.05) is 18.5 Å². The number of rotatable bonds is 7. The van der Waals surface area contributed by atoms with Crippen LogP contribution in [0.5, 0.6) is 5.88 Å². The molecule has 1 aromatic rings. The van der Waals surface area contributed by atoms with E-state index in [-0.39, 0.29) is 5.91 Å². The summed E-state index contributed by atoms with van der Waals surface area (Å²) in [6.45, 7) is 5.16. The fraction of sp³-hybridized carbons (Fsp3) is 0.625. The zero-order valence-corrected chi connectivity index (χ0v) is 12.9. The van der Waals surface area contributed by atoms with Crippen LogP contribution in [0.1, 0.15) is 46.0 Å². The maximum absolute atomic E-state index is 12.6. The van der Waals surface area contributed by atoms with Crippen LogP contribution in [-0.2, 0) is 9.53 Å². The highest BCUT2D eigenvalue weighted by molar-refractivity contribution is 5.97. The number of nitrogens with zero attached hydrogens (tertiary/aromatic N) is 1. The van der Waals surface area contributed by atoms with E-state index in [4.69, 9.17) is 9.47 Å². The predicted octanol–water partition coefficient (Wildman–Crippen LogP) is 3.16. The first-order chi connectivity index (χ1) is 10.2. The Kier molecular flexibility index (Phi) is 5.56. The van der Waals surface area contributed by atoms with Gasteiger partial charge >= 0.3 is 0 Å². The molecular weight excluding hydrogens is 268 g/mol. The Labute approximate surface area is 126 Å².